The third kappa shape index (κ3) is 7.65. The van der Waals surface area contributed by atoms with Crippen LogP contribution in [0.3, 0.4) is 0 Å². The first-order chi connectivity index (χ1) is 19.2. The second-order valence-corrected chi connectivity index (χ2v) is 12.1. The zero-order valence-corrected chi connectivity index (χ0v) is 24.4. The lowest BCUT2D eigenvalue weighted by atomic mass is 9.90. The molecule has 220 valence electrons. The van der Waals surface area contributed by atoms with E-state index >= 15 is 0 Å². The van der Waals surface area contributed by atoms with Gasteiger partial charge in [-0.15, -0.1) is 0 Å². The first-order valence-electron chi connectivity index (χ1n) is 13.7. The quantitative estimate of drug-likeness (QED) is 0.310. The third-order valence-corrected chi connectivity index (χ3v) is 6.36. The van der Waals surface area contributed by atoms with Gasteiger partial charge in [0, 0.05) is 17.6 Å². The summed E-state index contributed by atoms with van der Waals surface area (Å²) in [4.78, 5) is 46.6. The number of alkyl carbamates (subject to hydrolysis) is 1. The summed E-state index contributed by atoms with van der Waals surface area (Å²) >= 11 is 0. The zero-order valence-electron chi connectivity index (χ0n) is 24.4. The van der Waals surface area contributed by atoms with Gasteiger partial charge < -0.3 is 31.2 Å². The number of carbonyl (C=O) groups is 3. The van der Waals surface area contributed by atoms with E-state index in [9.17, 15) is 14.4 Å². The number of nitrogens with one attached hydrogen (secondary N) is 3. The number of aromatic nitrogens is 3. The number of hydrogen-bond acceptors (Lipinski definition) is 9. The molecule has 0 spiro atoms. The van der Waals surface area contributed by atoms with Crippen LogP contribution in [-0.4, -0.2) is 55.9 Å². The molecule has 1 saturated carbocycles. The highest BCUT2D eigenvalue weighted by Crippen LogP contribution is 2.30. The maximum Gasteiger partial charge on any atom is 0.419 e. The van der Waals surface area contributed by atoms with E-state index in [1.54, 1.807) is 39.1 Å². The van der Waals surface area contributed by atoms with E-state index in [1.165, 1.54) is 10.8 Å². The Labute approximate surface area is 239 Å². The summed E-state index contributed by atoms with van der Waals surface area (Å²) in [6, 6.07) is 6.92. The molecule has 2 aromatic heterocycles. The molecule has 12 heteroatoms. The molecule has 0 bridgehead atoms. The Hall–Kier alpha value is -4.35. The number of para-hydroxylation sites is 1. The van der Waals surface area contributed by atoms with Gasteiger partial charge in [-0.2, -0.15) is 0 Å². The van der Waals surface area contributed by atoms with Gasteiger partial charge in [-0.05, 0) is 66.5 Å². The molecule has 5 N–H and O–H groups in total. The number of anilines is 3. The van der Waals surface area contributed by atoms with Crippen molar-refractivity contribution in [2.75, 3.05) is 10.6 Å². The van der Waals surface area contributed by atoms with E-state index in [1.807, 2.05) is 32.9 Å². The molecule has 0 aliphatic heterocycles. The van der Waals surface area contributed by atoms with Gasteiger partial charge >= 0.3 is 12.2 Å². The van der Waals surface area contributed by atoms with Gasteiger partial charge in [-0.25, -0.2) is 19.6 Å². The van der Waals surface area contributed by atoms with Crippen molar-refractivity contribution in [3.63, 3.8) is 0 Å². The second-order valence-electron chi connectivity index (χ2n) is 12.1. The molecule has 4 rings (SSSR count). The number of nitrogens with zero attached hydrogens (tertiary/aromatic N) is 3. The van der Waals surface area contributed by atoms with Crippen LogP contribution in [0.25, 0.3) is 10.9 Å². The minimum Gasteiger partial charge on any atom is -0.444 e. The van der Waals surface area contributed by atoms with Crippen LogP contribution in [0.1, 0.15) is 77.7 Å². The molecule has 2 heterocycles. The van der Waals surface area contributed by atoms with Crippen LogP contribution in [0, 0.1) is 0 Å². The Morgan fingerprint density at radius 1 is 0.976 bits per heavy atom. The molecule has 12 nitrogen and oxygen atoms in total. The van der Waals surface area contributed by atoms with Crippen molar-refractivity contribution in [1.29, 1.82) is 0 Å². The molecule has 0 unspecified atom stereocenters. The summed E-state index contributed by atoms with van der Waals surface area (Å²) in [6.07, 6.45) is 5.57. The average molecular weight is 566 g/mol. The minimum absolute atomic E-state index is 0.0602. The normalized spacial score (nSPS) is 17.5. The van der Waals surface area contributed by atoms with Crippen LogP contribution in [0.2, 0.25) is 0 Å². The molecular weight excluding hydrogens is 526 g/mol. The molecule has 1 aromatic carbocycles. The van der Waals surface area contributed by atoms with Gasteiger partial charge in [0.25, 0.3) is 5.91 Å². The number of primary amides is 1. The molecule has 41 heavy (non-hydrogen) atoms. The smallest absolute Gasteiger partial charge is 0.419 e. The summed E-state index contributed by atoms with van der Waals surface area (Å²) in [6.45, 7) is 10.8. The number of nitrogens with two attached hydrogens (primary N) is 1. The van der Waals surface area contributed by atoms with E-state index in [0.717, 1.165) is 31.1 Å². The lowest BCUT2D eigenvalue weighted by Gasteiger charge is -2.33. The minimum atomic E-state index is -0.761. The Balaban J connectivity index is 1.62. The Morgan fingerprint density at radius 2 is 1.66 bits per heavy atom. The fraction of sp³-hybridized carbons (Fsp3) is 0.483. The van der Waals surface area contributed by atoms with Crippen molar-refractivity contribution in [2.45, 2.75) is 90.5 Å². The van der Waals surface area contributed by atoms with Gasteiger partial charge in [-0.1, -0.05) is 25.0 Å². The summed E-state index contributed by atoms with van der Waals surface area (Å²) in [5.74, 6) is -0.238. The number of amides is 2. The average Bonchev–Trinajstić information content (AvgIpc) is 3.29. The van der Waals surface area contributed by atoms with Gasteiger partial charge in [0.05, 0.1) is 23.4 Å². The number of benzene rings is 1. The topological polar surface area (TPSA) is 162 Å². The summed E-state index contributed by atoms with van der Waals surface area (Å²) < 4.78 is 12.4. The van der Waals surface area contributed by atoms with Gasteiger partial charge in [0.15, 0.2) is 11.5 Å². The van der Waals surface area contributed by atoms with Gasteiger partial charge in [0.2, 0.25) is 0 Å². The Kier molecular flexibility index (Phi) is 8.41. The van der Waals surface area contributed by atoms with Crippen molar-refractivity contribution in [3.05, 3.63) is 42.4 Å². The van der Waals surface area contributed by atoms with E-state index in [-0.39, 0.29) is 23.6 Å². The Morgan fingerprint density at radius 3 is 2.32 bits per heavy atom. The molecular formula is C29H39N7O5. The van der Waals surface area contributed by atoms with Crippen LogP contribution in [0.5, 0.6) is 0 Å². The zero-order chi connectivity index (χ0) is 29.9. The summed E-state index contributed by atoms with van der Waals surface area (Å²) in [5, 5.41) is 10.3. The predicted molar refractivity (Wildman–Crippen MR) is 156 cm³/mol. The molecule has 2 atom stereocenters. The van der Waals surface area contributed by atoms with Crippen molar-refractivity contribution in [3.8, 4) is 0 Å². The third-order valence-electron chi connectivity index (χ3n) is 6.36. The highest BCUT2D eigenvalue weighted by atomic mass is 16.6. The Bertz CT molecular complexity index is 1440. The summed E-state index contributed by atoms with van der Waals surface area (Å²) in [5.41, 5.74) is 5.33. The lowest BCUT2D eigenvalue weighted by Crippen LogP contribution is -2.49. The molecule has 0 saturated heterocycles. The predicted octanol–water partition coefficient (Wildman–Crippen LogP) is 5.30. The SMILES string of the molecule is CC(C)(C)OC(=O)N[C@H]1CCCC[C@H]1Nc1cnc(C(N)=O)c(Nc2cccc3ccn(C(=O)OC(C)(C)C)c23)n1. The number of carbonyl (C=O) groups excluding carboxylic acids is 3. The van der Waals surface area contributed by atoms with Crippen molar-refractivity contribution >= 4 is 46.3 Å². The highest BCUT2D eigenvalue weighted by molar-refractivity contribution is 6.01. The second kappa shape index (κ2) is 11.6. The van der Waals surface area contributed by atoms with Crippen molar-refractivity contribution in [1.82, 2.24) is 19.9 Å². The molecule has 0 radical (unpaired) electrons. The van der Waals surface area contributed by atoms with Crippen LogP contribution in [-0.2, 0) is 9.47 Å². The van der Waals surface area contributed by atoms with Gasteiger partial charge in [0.1, 0.15) is 17.0 Å². The molecule has 1 aliphatic carbocycles. The number of rotatable bonds is 6. The molecule has 1 fully saturated rings. The highest BCUT2D eigenvalue weighted by Gasteiger charge is 2.29. The fourth-order valence-corrected chi connectivity index (χ4v) is 4.74. The first-order valence-corrected chi connectivity index (χ1v) is 13.7. The molecule has 1 aliphatic rings. The van der Waals surface area contributed by atoms with E-state index < -0.39 is 29.3 Å². The molecule has 3 aromatic rings. The number of hydrogen-bond donors (Lipinski definition) is 4. The fourth-order valence-electron chi connectivity index (χ4n) is 4.74. The molecule has 2 amide bonds. The van der Waals surface area contributed by atoms with E-state index in [0.29, 0.717) is 17.0 Å². The monoisotopic (exact) mass is 565 g/mol. The number of fused-ring (bicyclic) bond motifs is 1. The van der Waals surface area contributed by atoms with Crippen LogP contribution in [0.15, 0.2) is 36.7 Å². The lowest BCUT2D eigenvalue weighted by molar-refractivity contribution is 0.0486. The number of ether oxygens (including phenoxy) is 2. The maximum atomic E-state index is 12.9. The maximum absolute atomic E-state index is 12.9. The summed E-state index contributed by atoms with van der Waals surface area (Å²) in [7, 11) is 0. The van der Waals surface area contributed by atoms with Gasteiger partial charge in [-0.3, -0.25) is 9.36 Å². The van der Waals surface area contributed by atoms with E-state index in [4.69, 9.17) is 15.2 Å². The standard InChI is InChI=1S/C29H39N7O5/c1-28(2,3)40-26(38)34-19-12-8-7-11-18(19)32-21-16-31-22(24(30)37)25(35-21)33-20-13-9-10-17-14-15-36(23(17)20)27(39)41-29(4,5)6/h9-10,13-16,18-19H,7-8,11-12H2,1-6H3,(H2,30,37)(H,34,38)(H2,32,33,35)/t18-,19+/m1/s1. The first kappa shape index (κ1) is 29.6. The van der Waals surface area contributed by atoms with E-state index in [2.05, 4.69) is 25.9 Å². The van der Waals surface area contributed by atoms with Crippen LogP contribution in [0.4, 0.5) is 26.9 Å². The van der Waals surface area contributed by atoms with Crippen LogP contribution >= 0.6 is 0 Å². The van der Waals surface area contributed by atoms with Crippen molar-refractivity contribution in [2.24, 2.45) is 5.73 Å². The largest absolute Gasteiger partial charge is 0.444 e. The van der Waals surface area contributed by atoms with Crippen molar-refractivity contribution < 1.29 is 23.9 Å². The van der Waals surface area contributed by atoms with Crippen LogP contribution < -0.4 is 21.7 Å².